The summed E-state index contributed by atoms with van der Waals surface area (Å²) >= 11 is 9.00. The molecule has 1 aromatic carbocycles. The van der Waals surface area contributed by atoms with Crippen molar-refractivity contribution in [1.29, 1.82) is 0 Å². The second-order valence-corrected chi connectivity index (χ2v) is 6.88. The van der Waals surface area contributed by atoms with Crippen LogP contribution in [0.2, 0.25) is 4.34 Å². The molecule has 0 bridgehead atoms. The Hall–Kier alpha value is -0.930. The topological polar surface area (TPSA) is 55.2 Å². The average molecular weight is 427 g/mol. The van der Waals surface area contributed by atoms with E-state index in [2.05, 4.69) is 5.32 Å². The molecule has 0 atom stereocenters. The first kappa shape index (κ1) is 15.5. The van der Waals surface area contributed by atoms with Gasteiger partial charge in [-0.05, 0) is 41.1 Å². The highest BCUT2D eigenvalue weighted by Gasteiger charge is 2.17. The van der Waals surface area contributed by atoms with Gasteiger partial charge in [-0.15, -0.1) is 11.3 Å². The van der Waals surface area contributed by atoms with Crippen molar-refractivity contribution < 1.29 is 9.31 Å². The van der Waals surface area contributed by atoms with Crippen molar-refractivity contribution in [2.24, 2.45) is 0 Å². The van der Waals surface area contributed by atoms with E-state index in [0.29, 0.717) is 17.3 Å². The summed E-state index contributed by atoms with van der Waals surface area (Å²) in [5.41, 5.74) is 0.0654. The summed E-state index contributed by atoms with van der Waals surface area (Å²) in [6.07, 6.45) is 0.669. The highest BCUT2D eigenvalue weighted by atomic mass is 127. The van der Waals surface area contributed by atoms with Crippen molar-refractivity contribution >= 4 is 56.9 Å². The molecule has 0 radical (unpaired) electrons. The molecule has 0 aliphatic heterocycles. The third kappa shape index (κ3) is 3.80. The molecule has 1 heterocycles. The largest absolute Gasteiger partial charge is 0.379 e. The van der Waals surface area contributed by atoms with Crippen molar-refractivity contribution in [3.05, 3.63) is 53.0 Å². The van der Waals surface area contributed by atoms with Crippen LogP contribution < -0.4 is 5.32 Å². The van der Waals surface area contributed by atoms with Crippen molar-refractivity contribution in [3.8, 4) is 0 Å². The molecule has 0 saturated heterocycles. The number of hydrogen-bond acceptors (Lipinski definition) is 4. The smallest absolute Gasteiger partial charge is 0.293 e. The van der Waals surface area contributed by atoms with Crippen LogP contribution in [0.4, 0.5) is 15.8 Å². The Morgan fingerprint density at radius 1 is 1.45 bits per heavy atom. The number of nitro groups is 1. The lowest BCUT2D eigenvalue weighted by Gasteiger charge is -2.07. The first-order valence-electron chi connectivity index (χ1n) is 5.59. The predicted octanol–water partition coefficient (Wildman–Crippen LogP) is 4.71. The number of nitro benzene ring substituents is 1. The molecule has 106 valence electrons. The van der Waals surface area contributed by atoms with Gasteiger partial charge in [-0.2, -0.15) is 0 Å². The summed E-state index contributed by atoms with van der Waals surface area (Å²) < 4.78 is 14.4. The number of rotatable bonds is 5. The van der Waals surface area contributed by atoms with Crippen LogP contribution >= 0.6 is 45.5 Å². The lowest BCUT2D eigenvalue weighted by molar-refractivity contribution is -0.384. The highest BCUT2D eigenvalue weighted by molar-refractivity contribution is 14.1. The van der Waals surface area contributed by atoms with E-state index in [0.717, 1.165) is 10.9 Å². The maximum atomic E-state index is 13.5. The molecule has 1 N–H and O–H groups in total. The lowest BCUT2D eigenvalue weighted by Crippen LogP contribution is -2.07. The van der Waals surface area contributed by atoms with E-state index in [9.17, 15) is 14.5 Å². The van der Waals surface area contributed by atoms with Crippen LogP contribution in [0.5, 0.6) is 0 Å². The highest BCUT2D eigenvalue weighted by Crippen LogP contribution is 2.29. The zero-order valence-corrected chi connectivity index (χ0v) is 13.8. The maximum Gasteiger partial charge on any atom is 0.293 e. The molecule has 0 spiro atoms. The van der Waals surface area contributed by atoms with E-state index in [1.54, 1.807) is 28.7 Å². The molecule has 0 amide bonds. The molecule has 8 heteroatoms. The number of nitrogens with zero attached hydrogens (tertiary/aromatic N) is 1. The van der Waals surface area contributed by atoms with E-state index in [-0.39, 0.29) is 14.9 Å². The van der Waals surface area contributed by atoms with Crippen LogP contribution in [0, 0.1) is 19.5 Å². The molecule has 20 heavy (non-hydrogen) atoms. The Kier molecular flexibility index (Phi) is 5.17. The zero-order valence-electron chi connectivity index (χ0n) is 10.0. The van der Waals surface area contributed by atoms with Gasteiger partial charge >= 0.3 is 0 Å². The Labute approximate surface area is 137 Å². The van der Waals surface area contributed by atoms with Gasteiger partial charge in [0.05, 0.1) is 12.8 Å². The molecular formula is C12H9ClFIN2O2S. The van der Waals surface area contributed by atoms with Crippen molar-refractivity contribution in [2.75, 3.05) is 11.9 Å². The molecule has 0 saturated carbocycles. The van der Waals surface area contributed by atoms with Crippen molar-refractivity contribution in [2.45, 2.75) is 6.42 Å². The monoisotopic (exact) mass is 426 g/mol. The SMILES string of the molecule is O=[N+]([O-])c1cc(I)c(F)cc1NCCc1ccc(Cl)s1. The minimum atomic E-state index is -0.522. The molecule has 0 aliphatic carbocycles. The fourth-order valence-corrected chi connectivity index (χ4v) is 3.17. The molecule has 0 aliphatic rings. The zero-order chi connectivity index (χ0) is 14.7. The van der Waals surface area contributed by atoms with Gasteiger partial charge in [-0.3, -0.25) is 10.1 Å². The molecular weight excluding hydrogens is 418 g/mol. The summed E-state index contributed by atoms with van der Waals surface area (Å²) in [5, 5.41) is 13.8. The standard InChI is InChI=1S/C12H9ClFIN2O2S/c13-12-2-1-7(20-12)3-4-16-10-5-8(14)9(15)6-11(10)17(18)19/h1-2,5-6,16H,3-4H2. The fourth-order valence-electron chi connectivity index (χ4n) is 1.64. The summed E-state index contributed by atoms with van der Waals surface area (Å²) in [6, 6.07) is 6.08. The van der Waals surface area contributed by atoms with Crippen LogP contribution in [0.1, 0.15) is 4.88 Å². The predicted molar refractivity (Wildman–Crippen MR) is 87.3 cm³/mol. The molecule has 1 aromatic heterocycles. The minimum Gasteiger partial charge on any atom is -0.379 e. The Bertz CT molecular complexity index is 650. The van der Waals surface area contributed by atoms with Gasteiger partial charge in [0.2, 0.25) is 0 Å². The maximum absolute atomic E-state index is 13.5. The molecule has 2 aromatic rings. The van der Waals surface area contributed by atoms with E-state index < -0.39 is 10.7 Å². The fraction of sp³-hybridized carbons (Fsp3) is 0.167. The third-order valence-electron chi connectivity index (χ3n) is 2.55. The first-order valence-corrected chi connectivity index (χ1v) is 7.86. The number of nitrogens with one attached hydrogen (secondary N) is 1. The number of halogens is 3. The lowest BCUT2D eigenvalue weighted by atomic mass is 10.2. The van der Waals surface area contributed by atoms with Crippen LogP contribution in [-0.4, -0.2) is 11.5 Å². The molecule has 0 unspecified atom stereocenters. The third-order valence-corrected chi connectivity index (χ3v) is 4.67. The number of benzene rings is 1. The molecule has 0 fully saturated rings. The number of hydrogen-bond donors (Lipinski definition) is 1. The Morgan fingerprint density at radius 3 is 2.80 bits per heavy atom. The van der Waals surface area contributed by atoms with Crippen molar-refractivity contribution in [3.63, 3.8) is 0 Å². The van der Waals surface area contributed by atoms with Gasteiger partial charge in [0.15, 0.2) is 0 Å². The van der Waals surface area contributed by atoms with Gasteiger partial charge < -0.3 is 5.32 Å². The normalized spacial score (nSPS) is 10.6. The summed E-state index contributed by atoms with van der Waals surface area (Å²) in [4.78, 5) is 11.5. The second-order valence-electron chi connectivity index (χ2n) is 3.92. The second kappa shape index (κ2) is 6.68. The minimum absolute atomic E-state index is 0.125. The summed E-state index contributed by atoms with van der Waals surface area (Å²) in [5.74, 6) is -0.474. The number of anilines is 1. The van der Waals surface area contributed by atoms with Gasteiger partial charge in [0, 0.05) is 23.6 Å². The Morgan fingerprint density at radius 2 is 2.20 bits per heavy atom. The van der Waals surface area contributed by atoms with E-state index in [1.165, 1.54) is 17.4 Å². The van der Waals surface area contributed by atoms with E-state index >= 15 is 0 Å². The molecule has 2 rings (SSSR count). The van der Waals surface area contributed by atoms with Crippen LogP contribution in [-0.2, 0) is 6.42 Å². The van der Waals surface area contributed by atoms with E-state index in [4.69, 9.17) is 11.6 Å². The summed E-state index contributed by atoms with van der Waals surface area (Å²) in [7, 11) is 0. The van der Waals surface area contributed by atoms with Crippen LogP contribution in [0.25, 0.3) is 0 Å². The van der Waals surface area contributed by atoms with Gasteiger partial charge in [-0.1, -0.05) is 11.6 Å². The molecule has 4 nitrogen and oxygen atoms in total. The van der Waals surface area contributed by atoms with Gasteiger partial charge in [0.25, 0.3) is 5.69 Å². The van der Waals surface area contributed by atoms with Crippen molar-refractivity contribution in [1.82, 2.24) is 0 Å². The van der Waals surface area contributed by atoms with Crippen LogP contribution in [0.3, 0.4) is 0 Å². The Balaban J connectivity index is 2.08. The van der Waals surface area contributed by atoms with Gasteiger partial charge in [0.1, 0.15) is 11.5 Å². The van der Waals surface area contributed by atoms with E-state index in [1.807, 2.05) is 6.07 Å². The quantitative estimate of drug-likeness (QED) is 0.428. The average Bonchev–Trinajstić information content (AvgIpc) is 2.79. The van der Waals surface area contributed by atoms with Gasteiger partial charge in [-0.25, -0.2) is 4.39 Å². The van der Waals surface area contributed by atoms with Crippen LogP contribution in [0.15, 0.2) is 24.3 Å². The number of thiophene rings is 1. The first-order chi connectivity index (χ1) is 9.47. The summed E-state index contributed by atoms with van der Waals surface area (Å²) in [6.45, 7) is 0.470.